The fraction of sp³-hybridized carbons (Fsp3) is 0. The average Bonchev–Trinajstić information content (AvgIpc) is 2.08. The van der Waals surface area contributed by atoms with Crippen LogP contribution in [0.25, 0.3) is 0 Å². The smallest absolute Gasteiger partial charge is 0.356 e. The van der Waals surface area contributed by atoms with Gasteiger partial charge >= 0.3 is 39.9 Å². The molecule has 0 atom stereocenters. The van der Waals surface area contributed by atoms with Crippen molar-refractivity contribution in [2.24, 2.45) is 0 Å². The van der Waals surface area contributed by atoms with E-state index in [0.29, 0.717) is 0 Å². The maximum atomic E-state index is 8.36. The monoisotopic (exact) mass is 606 g/mol. The third kappa shape index (κ3) is 583. The second-order valence-corrected chi connectivity index (χ2v) is 1.37. The van der Waals surface area contributed by atoms with Crippen molar-refractivity contribution in [3.8, 4) is 0 Å². The summed E-state index contributed by atoms with van der Waals surface area (Å²) < 4.78 is 0. The molecule has 0 bridgehead atoms. The summed E-state index contributed by atoms with van der Waals surface area (Å²) in [7, 11) is 0. The van der Waals surface area contributed by atoms with Crippen molar-refractivity contribution >= 4 is 0 Å². The van der Waals surface area contributed by atoms with Crippen molar-refractivity contribution in [3.63, 3.8) is 0 Å². The largest absolute Gasteiger partial charge is 4.00 e. The van der Waals surface area contributed by atoms with Gasteiger partial charge in [-0.15, -0.1) is 20.2 Å². The normalized spacial score (nSPS) is 5.76. The average molecular weight is 606 g/mol. The summed E-state index contributed by atoms with van der Waals surface area (Å²) in [6.45, 7) is 0. The van der Waals surface area contributed by atoms with Crippen LogP contribution in [0.1, 0.15) is 0 Å². The molecular formula is H2N6O18Th. The summed E-state index contributed by atoms with van der Waals surface area (Å²) in [5.74, 6) is 0. The molecule has 0 aliphatic rings. The first-order valence-corrected chi connectivity index (χ1v) is 3.32. The minimum absolute atomic E-state index is 0. The van der Waals surface area contributed by atoms with Gasteiger partial charge in [0, 0.05) is 0 Å². The molecule has 0 unspecified atom stereocenters. The third-order valence-corrected chi connectivity index (χ3v) is 0. The molecule has 25 heteroatoms. The molecule has 0 fully saturated rings. The van der Waals surface area contributed by atoms with E-state index in [4.69, 9.17) is 91.9 Å². The van der Waals surface area contributed by atoms with Crippen molar-refractivity contribution in [2.45, 2.75) is 0 Å². The Kier molecular flexibility index (Phi) is 63.8. The first-order valence-electron chi connectivity index (χ1n) is 3.32. The van der Waals surface area contributed by atoms with Crippen LogP contribution in [0.2, 0.25) is 0 Å². The molecule has 144 valence electrons. The first kappa shape index (κ1) is 43.0. The van der Waals surface area contributed by atoms with Crippen molar-refractivity contribution < 1.29 is 80.9 Å². The number of nitrogens with zero attached hydrogens (tertiary/aromatic N) is 6. The Hall–Kier alpha value is -3.48. The van der Waals surface area contributed by atoms with E-state index in [9.17, 15) is 0 Å². The van der Waals surface area contributed by atoms with Crippen molar-refractivity contribution in [1.29, 1.82) is 0 Å². The topological polar surface area (TPSA) is 392 Å². The van der Waals surface area contributed by atoms with Gasteiger partial charge in [0.25, 0.3) is 10.2 Å². The quantitative estimate of drug-likeness (QED) is 0.230. The van der Waals surface area contributed by atoms with Gasteiger partial charge in [-0.25, -0.2) is 0 Å². The Morgan fingerprint density at radius 3 is 0.400 bits per heavy atom. The van der Waals surface area contributed by atoms with Gasteiger partial charge in [0.2, 0.25) is 0 Å². The molecule has 0 aliphatic heterocycles. The molecule has 0 aromatic rings. The van der Waals surface area contributed by atoms with E-state index in [-0.39, 0.29) is 39.9 Å². The minimum Gasteiger partial charge on any atom is -0.356 e. The van der Waals surface area contributed by atoms with E-state index in [2.05, 4.69) is 0 Å². The van der Waals surface area contributed by atoms with Crippen LogP contribution in [-0.2, 0) is 0 Å². The van der Waals surface area contributed by atoms with Crippen LogP contribution < -0.4 is 0 Å². The fourth-order valence-electron chi connectivity index (χ4n) is 0. The molecule has 0 amide bonds. The minimum atomic E-state index is -1.75. The second-order valence-electron chi connectivity index (χ2n) is 1.37. The zero-order valence-corrected chi connectivity index (χ0v) is 14.7. The summed E-state index contributed by atoms with van der Waals surface area (Å²) >= 11 is 0. The zero-order valence-electron chi connectivity index (χ0n) is 10.6. The summed E-state index contributed by atoms with van der Waals surface area (Å²) in [4.78, 5) is 49.7. The van der Waals surface area contributed by atoms with E-state index >= 15 is 0 Å². The van der Waals surface area contributed by atoms with E-state index in [1.807, 2.05) is 0 Å². The van der Waals surface area contributed by atoms with Crippen LogP contribution in [0.5, 0.6) is 0 Å². The van der Waals surface area contributed by atoms with Crippen LogP contribution >= 0.6 is 0 Å². The van der Waals surface area contributed by atoms with Crippen molar-refractivity contribution in [3.05, 3.63) is 81.5 Å². The summed E-state index contributed by atoms with van der Waals surface area (Å²) in [6.07, 6.45) is 0. The predicted octanol–water partition coefficient (Wildman–Crippen LogP) is -1.65. The zero-order chi connectivity index (χ0) is 21.5. The van der Waals surface area contributed by atoms with E-state index < -0.39 is 30.5 Å². The summed E-state index contributed by atoms with van der Waals surface area (Å²) in [5, 5.41) is 86.3. The van der Waals surface area contributed by atoms with E-state index in [0.717, 1.165) is 0 Å². The predicted molar refractivity (Wildman–Crippen MR) is 59.0 cm³/mol. The Morgan fingerprint density at radius 1 is 0.400 bits per heavy atom. The number of hydrogen-bond acceptors (Lipinski definition) is 16. The van der Waals surface area contributed by atoms with Crippen molar-refractivity contribution in [1.82, 2.24) is 0 Å². The molecule has 2 N–H and O–H groups in total. The third-order valence-electron chi connectivity index (χ3n) is 0. The van der Waals surface area contributed by atoms with Gasteiger partial charge in [-0.2, -0.15) is 0 Å². The molecular weight excluding hydrogens is 604 g/mol. The van der Waals surface area contributed by atoms with Gasteiger partial charge in [0.15, 0.2) is 0 Å². The Morgan fingerprint density at radius 2 is 0.400 bits per heavy atom. The van der Waals surface area contributed by atoms with Crippen LogP contribution in [0.15, 0.2) is 0 Å². The maximum Gasteiger partial charge on any atom is 4.00 e. The Labute approximate surface area is 162 Å². The van der Waals surface area contributed by atoms with Gasteiger partial charge < -0.3 is 71.7 Å². The molecule has 0 saturated carbocycles. The van der Waals surface area contributed by atoms with Crippen LogP contribution in [0, 0.1) is 121 Å². The molecule has 0 radical (unpaired) electrons. The van der Waals surface area contributed by atoms with E-state index in [1.54, 1.807) is 0 Å². The van der Waals surface area contributed by atoms with Crippen LogP contribution in [-0.4, -0.2) is 40.9 Å². The SMILES string of the molecule is O=[N+]([O-])O.O=[N+]([O-])O.O=[N+]([O-])[O-].O=[N+]([O-])[O-].O=[N+]([O-])[O-].O=[N+]([O-])[O-].[Th+4]. The van der Waals surface area contributed by atoms with Crippen LogP contribution in [0.3, 0.4) is 0 Å². The standard InChI is InChI=1S/2HNO3.4NO3.Th/c6*2-1(3)4;/h2*(H,2,3,4);;;;;/q;;4*-1;+4. The second kappa shape index (κ2) is 37.1. The van der Waals surface area contributed by atoms with Crippen LogP contribution in [0.4, 0.5) is 0 Å². The maximum absolute atomic E-state index is 8.36. The number of hydrogen-bond donors (Lipinski definition) is 2. The van der Waals surface area contributed by atoms with Gasteiger partial charge in [0.1, 0.15) is 0 Å². The molecule has 0 heterocycles. The summed E-state index contributed by atoms with van der Waals surface area (Å²) in [5.41, 5.74) is 0. The van der Waals surface area contributed by atoms with Gasteiger partial charge in [0.05, 0.1) is 20.3 Å². The first-order chi connectivity index (χ1) is 10.4. The molecule has 0 spiro atoms. The molecule has 0 aliphatic carbocycles. The Balaban J connectivity index is -0.0000000309. The molecule has 24 nitrogen and oxygen atoms in total. The number of rotatable bonds is 0. The van der Waals surface area contributed by atoms with Gasteiger partial charge in [-0.3, -0.25) is 0 Å². The molecule has 0 saturated heterocycles. The molecule has 25 heavy (non-hydrogen) atoms. The fourth-order valence-corrected chi connectivity index (χ4v) is 0. The van der Waals surface area contributed by atoms with E-state index in [1.165, 1.54) is 0 Å². The van der Waals surface area contributed by atoms with Gasteiger partial charge in [-0.05, 0) is 0 Å². The Bertz CT molecular complexity index is 257. The molecule has 0 aromatic heterocycles. The van der Waals surface area contributed by atoms with Crippen molar-refractivity contribution in [2.75, 3.05) is 0 Å². The molecule has 0 rings (SSSR count). The van der Waals surface area contributed by atoms with Gasteiger partial charge in [-0.1, -0.05) is 0 Å². The molecule has 0 aromatic carbocycles. The summed E-state index contributed by atoms with van der Waals surface area (Å²) in [6, 6.07) is 0.